The first-order valence-corrected chi connectivity index (χ1v) is 7.01. The first-order chi connectivity index (χ1) is 8.75. The molecule has 0 atom stereocenters. The number of thiophene rings is 1. The van der Waals surface area contributed by atoms with Gasteiger partial charge in [0.15, 0.2) is 5.76 Å². The van der Waals surface area contributed by atoms with Gasteiger partial charge in [-0.3, -0.25) is 0 Å². The second-order valence-corrected chi connectivity index (χ2v) is 5.52. The normalized spacial score (nSPS) is 17.2. The van der Waals surface area contributed by atoms with Gasteiger partial charge in [0.2, 0.25) is 0 Å². The second-order valence-electron chi connectivity index (χ2n) is 3.65. The Balaban J connectivity index is 2.16. The molecule has 0 saturated heterocycles. The maximum absolute atomic E-state index is 10.7. The summed E-state index contributed by atoms with van der Waals surface area (Å²) in [5.74, 6) is 0.379. The van der Waals surface area contributed by atoms with Gasteiger partial charge in [-0.15, -0.1) is 11.3 Å². The van der Waals surface area contributed by atoms with Gasteiger partial charge in [-0.05, 0) is 22.9 Å². The Morgan fingerprint density at radius 2 is 2.39 bits per heavy atom. The maximum atomic E-state index is 10.7. The molecule has 0 saturated carbocycles. The molecule has 6 heteroatoms. The topological polar surface area (TPSA) is 49.8 Å². The molecule has 1 N–H and O–H groups in total. The summed E-state index contributed by atoms with van der Waals surface area (Å²) in [5.41, 5.74) is 0.825. The number of carboxylic acid groups (broad SMARTS) is 1. The molecule has 3 heterocycles. The van der Waals surface area contributed by atoms with Gasteiger partial charge in [0.25, 0.3) is 0 Å². The second kappa shape index (κ2) is 4.55. The number of thioether (sulfide) groups is 1. The van der Waals surface area contributed by atoms with Gasteiger partial charge in [0.05, 0.1) is 4.88 Å². The third-order valence-corrected chi connectivity index (χ3v) is 4.47. The third-order valence-electron chi connectivity index (χ3n) is 2.57. The number of hydrogen-bond donors (Lipinski definition) is 1. The molecule has 0 aliphatic carbocycles. The van der Waals surface area contributed by atoms with E-state index in [-0.39, 0.29) is 0 Å². The van der Waals surface area contributed by atoms with Crippen LogP contribution < -0.4 is 0 Å². The largest absolute Gasteiger partial charge is 0.511 e. The molecular formula is C12H9NO3S2. The summed E-state index contributed by atoms with van der Waals surface area (Å²) in [4.78, 5) is 14.9. The van der Waals surface area contributed by atoms with Gasteiger partial charge in [-0.25, -0.2) is 4.79 Å². The first kappa shape index (κ1) is 11.4. The highest BCUT2D eigenvalue weighted by Crippen LogP contribution is 2.41. The van der Waals surface area contributed by atoms with Crippen molar-refractivity contribution in [2.45, 2.75) is 4.90 Å². The van der Waals surface area contributed by atoms with Crippen molar-refractivity contribution in [1.29, 1.82) is 0 Å². The van der Waals surface area contributed by atoms with Crippen molar-refractivity contribution in [3.63, 3.8) is 0 Å². The van der Waals surface area contributed by atoms with Gasteiger partial charge in [-0.2, -0.15) is 0 Å². The highest BCUT2D eigenvalue weighted by Gasteiger charge is 2.24. The lowest BCUT2D eigenvalue weighted by atomic mass is 10.2. The molecule has 4 nitrogen and oxygen atoms in total. The average molecular weight is 279 g/mol. The van der Waals surface area contributed by atoms with Gasteiger partial charge in [0.1, 0.15) is 5.70 Å². The van der Waals surface area contributed by atoms with Crippen molar-refractivity contribution in [3.8, 4) is 0 Å². The number of carbonyl (C=O) groups is 1. The molecule has 0 spiro atoms. The summed E-state index contributed by atoms with van der Waals surface area (Å²) < 4.78 is 4.87. The minimum Gasteiger partial charge on any atom is -0.449 e. The smallest absolute Gasteiger partial charge is 0.449 e. The molecule has 18 heavy (non-hydrogen) atoms. The molecule has 0 aromatic carbocycles. The Kier molecular flexibility index (Phi) is 2.89. The number of ether oxygens (including phenoxy) is 1. The third kappa shape index (κ3) is 1.93. The summed E-state index contributed by atoms with van der Waals surface area (Å²) in [6, 6.07) is 2.03. The first-order valence-electron chi connectivity index (χ1n) is 5.25. The maximum Gasteiger partial charge on any atom is 0.511 e. The fourth-order valence-electron chi connectivity index (χ4n) is 1.88. The van der Waals surface area contributed by atoms with Crippen LogP contribution in [-0.4, -0.2) is 22.7 Å². The van der Waals surface area contributed by atoms with Crippen LogP contribution in [0.2, 0.25) is 0 Å². The lowest BCUT2D eigenvalue weighted by molar-refractivity contribution is 0.121. The van der Waals surface area contributed by atoms with Crippen molar-refractivity contribution in [2.24, 2.45) is 0 Å². The van der Waals surface area contributed by atoms with E-state index in [1.54, 1.807) is 29.2 Å². The van der Waals surface area contributed by atoms with Crippen LogP contribution in [0, 0.1) is 0 Å². The van der Waals surface area contributed by atoms with E-state index in [0.717, 1.165) is 22.0 Å². The summed E-state index contributed by atoms with van der Waals surface area (Å²) in [6.45, 7) is 0.718. The van der Waals surface area contributed by atoms with E-state index in [1.165, 1.54) is 0 Å². The SMILES string of the molecule is O=C(O)OC1=C2c3sccc3SC=CN2CC=C1. The van der Waals surface area contributed by atoms with Gasteiger partial charge in [-0.1, -0.05) is 17.8 Å². The fraction of sp³-hybridized carbons (Fsp3) is 0.0833. The van der Waals surface area contributed by atoms with Crippen molar-refractivity contribution in [2.75, 3.05) is 6.54 Å². The van der Waals surface area contributed by atoms with E-state index in [2.05, 4.69) is 0 Å². The Bertz CT molecular complexity index is 586. The molecular weight excluding hydrogens is 270 g/mol. The lowest BCUT2D eigenvalue weighted by Gasteiger charge is -2.25. The molecule has 0 unspecified atom stereocenters. The minimum absolute atomic E-state index is 0.379. The Labute approximate surface area is 112 Å². The molecule has 0 amide bonds. The Morgan fingerprint density at radius 3 is 3.22 bits per heavy atom. The van der Waals surface area contributed by atoms with E-state index in [0.29, 0.717) is 5.76 Å². The predicted octanol–water partition coefficient (Wildman–Crippen LogP) is 3.56. The number of nitrogens with zero attached hydrogens (tertiary/aromatic N) is 1. The standard InChI is InChI=1S/C12H9NO3S2/c14-12(15)16-8-2-1-4-13-5-7-17-9-3-6-18-11(9)10(8)13/h1-3,5-7H,4H2,(H,14,15). The van der Waals surface area contributed by atoms with Crippen molar-refractivity contribution in [1.82, 2.24) is 4.90 Å². The van der Waals surface area contributed by atoms with Crippen LogP contribution in [0.4, 0.5) is 4.79 Å². The summed E-state index contributed by atoms with van der Waals surface area (Å²) in [6.07, 6.45) is 4.26. The highest BCUT2D eigenvalue weighted by molar-refractivity contribution is 8.02. The van der Waals surface area contributed by atoms with Crippen LogP contribution in [0.15, 0.2) is 45.9 Å². The van der Waals surface area contributed by atoms with E-state index in [1.807, 2.05) is 34.0 Å². The quantitative estimate of drug-likeness (QED) is 0.796. The fourth-order valence-corrected chi connectivity index (χ4v) is 3.81. The Morgan fingerprint density at radius 1 is 1.50 bits per heavy atom. The molecule has 2 aliphatic heterocycles. The van der Waals surface area contributed by atoms with E-state index >= 15 is 0 Å². The number of rotatable bonds is 1. The van der Waals surface area contributed by atoms with Crippen molar-refractivity contribution >= 4 is 35.0 Å². The van der Waals surface area contributed by atoms with Crippen LogP contribution in [0.1, 0.15) is 4.88 Å². The van der Waals surface area contributed by atoms with Crippen LogP contribution >= 0.6 is 23.1 Å². The van der Waals surface area contributed by atoms with Crippen LogP contribution in [0.3, 0.4) is 0 Å². The van der Waals surface area contributed by atoms with Crippen LogP contribution in [-0.2, 0) is 4.74 Å². The molecule has 0 bridgehead atoms. The van der Waals surface area contributed by atoms with Gasteiger partial charge >= 0.3 is 6.16 Å². The molecule has 0 fully saturated rings. The lowest BCUT2D eigenvalue weighted by Crippen LogP contribution is -2.20. The monoisotopic (exact) mass is 279 g/mol. The highest BCUT2D eigenvalue weighted by atomic mass is 32.2. The predicted molar refractivity (Wildman–Crippen MR) is 71.2 cm³/mol. The molecule has 1 aromatic heterocycles. The summed E-state index contributed by atoms with van der Waals surface area (Å²) in [5, 5.41) is 12.8. The van der Waals surface area contributed by atoms with Crippen molar-refractivity contribution < 1.29 is 14.6 Å². The van der Waals surface area contributed by atoms with Crippen LogP contribution in [0.25, 0.3) is 5.70 Å². The molecule has 1 aromatic rings. The van der Waals surface area contributed by atoms with Gasteiger partial charge < -0.3 is 14.7 Å². The molecule has 2 aliphatic rings. The van der Waals surface area contributed by atoms with E-state index < -0.39 is 6.16 Å². The molecule has 92 valence electrons. The average Bonchev–Trinajstić information content (AvgIpc) is 2.70. The summed E-state index contributed by atoms with van der Waals surface area (Å²) in [7, 11) is 0. The minimum atomic E-state index is -1.29. The molecule has 0 radical (unpaired) electrons. The zero-order valence-electron chi connectivity index (χ0n) is 9.20. The number of fused-ring (bicyclic) bond motifs is 3. The van der Waals surface area contributed by atoms with E-state index in [9.17, 15) is 4.79 Å². The zero-order valence-corrected chi connectivity index (χ0v) is 10.8. The zero-order chi connectivity index (χ0) is 12.5. The molecule has 3 rings (SSSR count). The Hall–Kier alpha value is -1.66. The van der Waals surface area contributed by atoms with Crippen LogP contribution in [0.5, 0.6) is 0 Å². The van der Waals surface area contributed by atoms with E-state index in [4.69, 9.17) is 9.84 Å². The van der Waals surface area contributed by atoms with Crippen molar-refractivity contribution in [3.05, 3.63) is 45.8 Å². The van der Waals surface area contributed by atoms with Gasteiger partial charge in [0, 0.05) is 17.6 Å². The number of hydrogen-bond acceptors (Lipinski definition) is 5. The summed E-state index contributed by atoms with van der Waals surface area (Å²) >= 11 is 3.21. The number of allylic oxidation sites excluding steroid dienone is 1.